The summed E-state index contributed by atoms with van der Waals surface area (Å²) in [5.41, 5.74) is 8.98. The Hall–Kier alpha value is -2.74. The molecule has 2 fully saturated rings. The number of aryl methyl sites for hydroxylation is 1. The quantitative estimate of drug-likeness (QED) is 0.752. The van der Waals surface area contributed by atoms with Crippen LogP contribution in [0, 0.1) is 5.92 Å². The van der Waals surface area contributed by atoms with Crippen molar-refractivity contribution in [1.29, 1.82) is 0 Å². The second kappa shape index (κ2) is 8.95. The first-order chi connectivity index (χ1) is 14.5. The monoisotopic (exact) mass is 410 g/mol. The molecule has 3 heterocycles. The van der Waals surface area contributed by atoms with Gasteiger partial charge in [-0.3, -0.25) is 19.3 Å². The SMILES string of the molecule is Cn1nccc1-c1ccc(CNC(=O)C2CCCN2C(=O)C(N)C2CCCC2)nc1. The Morgan fingerprint density at radius 2 is 2.00 bits per heavy atom. The predicted molar refractivity (Wildman–Crippen MR) is 113 cm³/mol. The summed E-state index contributed by atoms with van der Waals surface area (Å²) in [6.45, 7) is 0.937. The van der Waals surface area contributed by atoms with E-state index in [1.165, 1.54) is 0 Å². The summed E-state index contributed by atoms with van der Waals surface area (Å²) in [7, 11) is 1.89. The van der Waals surface area contributed by atoms with Crippen LogP contribution < -0.4 is 11.1 Å². The minimum atomic E-state index is -0.484. The number of likely N-dealkylation sites (tertiary alicyclic amines) is 1. The Morgan fingerprint density at radius 3 is 2.67 bits per heavy atom. The third-order valence-electron chi connectivity index (χ3n) is 6.42. The Kier molecular flexibility index (Phi) is 6.13. The highest BCUT2D eigenvalue weighted by molar-refractivity contribution is 5.90. The maximum Gasteiger partial charge on any atom is 0.243 e. The minimum absolute atomic E-state index is 0.0711. The molecule has 2 atom stereocenters. The van der Waals surface area contributed by atoms with Crippen LogP contribution in [0.3, 0.4) is 0 Å². The fraction of sp³-hybridized carbons (Fsp3) is 0.545. The molecule has 0 radical (unpaired) electrons. The topological polar surface area (TPSA) is 106 Å². The van der Waals surface area contributed by atoms with Crippen molar-refractivity contribution < 1.29 is 9.59 Å². The van der Waals surface area contributed by atoms with Crippen LogP contribution in [-0.2, 0) is 23.2 Å². The molecule has 2 aromatic rings. The highest BCUT2D eigenvalue weighted by Gasteiger charge is 2.38. The molecule has 2 aromatic heterocycles. The van der Waals surface area contributed by atoms with Gasteiger partial charge < -0.3 is 16.0 Å². The Labute approximate surface area is 176 Å². The standard InChI is InChI=1S/C22H30N6O2/c1-27-18(10-11-26-27)16-8-9-17(24-13-16)14-25-21(29)19-7-4-12-28(19)22(30)20(23)15-5-2-3-6-15/h8-11,13,15,19-20H,2-7,12,14,23H2,1H3,(H,25,29). The molecule has 2 unspecified atom stereocenters. The van der Waals surface area contributed by atoms with Crippen LogP contribution in [0.4, 0.5) is 0 Å². The second-order valence-electron chi connectivity index (χ2n) is 8.36. The van der Waals surface area contributed by atoms with Crippen molar-refractivity contribution in [1.82, 2.24) is 25.0 Å². The van der Waals surface area contributed by atoms with Crippen molar-refractivity contribution in [2.24, 2.45) is 18.7 Å². The zero-order valence-electron chi connectivity index (χ0n) is 17.5. The number of hydrogen-bond donors (Lipinski definition) is 2. The van der Waals surface area contributed by atoms with Crippen LogP contribution in [0.5, 0.6) is 0 Å². The van der Waals surface area contributed by atoms with Crippen molar-refractivity contribution in [2.75, 3.05) is 6.54 Å². The predicted octanol–water partition coefficient (Wildman–Crippen LogP) is 1.61. The molecule has 1 aliphatic carbocycles. The van der Waals surface area contributed by atoms with E-state index in [0.29, 0.717) is 19.5 Å². The molecule has 0 aromatic carbocycles. The van der Waals surface area contributed by atoms with Gasteiger partial charge in [-0.2, -0.15) is 5.10 Å². The Morgan fingerprint density at radius 1 is 1.20 bits per heavy atom. The molecule has 1 aliphatic heterocycles. The number of carbonyl (C=O) groups is 2. The van der Waals surface area contributed by atoms with E-state index < -0.39 is 12.1 Å². The first-order valence-electron chi connectivity index (χ1n) is 10.8. The van der Waals surface area contributed by atoms with Crippen LogP contribution in [0.25, 0.3) is 11.3 Å². The third kappa shape index (κ3) is 4.23. The lowest BCUT2D eigenvalue weighted by molar-refractivity contribution is -0.140. The van der Waals surface area contributed by atoms with Gasteiger partial charge in [0.05, 0.1) is 24.0 Å². The summed E-state index contributed by atoms with van der Waals surface area (Å²) in [6.07, 6.45) is 9.35. The molecule has 30 heavy (non-hydrogen) atoms. The molecule has 3 N–H and O–H groups in total. The molecule has 2 aliphatic rings. The molecular formula is C22H30N6O2. The van der Waals surface area contributed by atoms with Gasteiger partial charge in [-0.15, -0.1) is 0 Å². The maximum atomic E-state index is 12.9. The number of nitrogens with two attached hydrogens (primary N) is 1. The molecule has 8 nitrogen and oxygen atoms in total. The van der Waals surface area contributed by atoms with E-state index in [0.717, 1.165) is 49.1 Å². The zero-order chi connectivity index (χ0) is 21.1. The summed E-state index contributed by atoms with van der Waals surface area (Å²) in [4.78, 5) is 31.8. The molecule has 0 spiro atoms. The van der Waals surface area contributed by atoms with Crippen molar-refractivity contribution >= 4 is 11.8 Å². The van der Waals surface area contributed by atoms with E-state index in [1.807, 2.05) is 25.2 Å². The smallest absolute Gasteiger partial charge is 0.243 e. The van der Waals surface area contributed by atoms with Gasteiger partial charge in [0.2, 0.25) is 11.8 Å². The number of hydrogen-bond acceptors (Lipinski definition) is 5. The van der Waals surface area contributed by atoms with Gasteiger partial charge >= 0.3 is 0 Å². The average molecular weight is 411 g/mol. The largest absolute Gasteiger partial charge is 0.349 e. The maximum absolute atomic E-state index is 12.9. The number of nitrogens with one attached hydrogen (secondary N) is 1. The zero-order valence-corrected chi connectivity index (χ0v) is 17.5. The molecule has 2 amide bonds. The van der Waals surface area contributed by atoms with Crippen LogP contribution in [0.15, 0.2) is 30.6 Å². The van der Waals surface area contributed by atoms with E-state index >= 15 is 0 Å². The Bertz CT molecular complexity index is 887. The van der Waals surface area contributed by atoms with E-state index in [1.54, 1.807) is 22.0 Å². The molecule has 1 saturated carbocycles. The highest BCUT2D eigenvalue weighted by Crippen LogP contribution is 2.29. The molecule has 4 rings (SSSR count). The lowest BCUT2D eigenvalue weighted by Crippen LogP contribution is -2.52. The van der Waals surface area contributed by atoms with Gasteiger partial charge in [-0.05, 0) is 49.8 Å². The first kappa shape index (κ1) is 20.5. The van der Waals surface area contributed by atoms with Gasteiger partial charge in [0.15, 0.2) is 0 Å². The summed E-state index contributed by atoms with van der Waals surface area (Å²) in [5, 5.41) is 7.11. The minimum Gasteiger partial charge on any atom is -0.349 e. The van der Waals surface area contributed by atoms with Crippen LogP contribution in [0.2, 0.25) is 0 Å². The number of pyridine rings is 1. The molecule has 8 heteroatoms. The lowest BCUT2D eigenvalue weighted by atomic mass is 9.97. The number of carbonyl (C=O) groups excluding carboxylic acids is 2. The van der Waals surface area contributed by atoms with Crippen molar-refractivity contribution in [3.63, 3.8) is 0 Å². The summed E-state index contributed by atoms with van der Waals surface area (Å²) in [6, 6.07) is 4.88. The van der Waals surface area contributed by atoms with Gasteiger partial charge in [-0.25, -0.2) is 0 Å². The van der Waals surface area contributed by atoms with Gasteiger partial charge in [0, 0.05) is 31.5 Å². The molecule has 1 saturated heterocycles. The fourth-order valence-electron chi connectivity index (χ4n) is 4.65. The molecule has 160 valence electrons. The number of nitrogens with zero attached hydrogens (tertiary/aromatic N) is 4. The van der Waals surface area contributed by atoms with Gasteiger partial charge in [-0.1, -0.05) is 12.8 Å². The molecule has 0 bridgehead atoms. The summed E-state index contributed by atoms with van der Waals surface area (Å²) >= 11 is 0. The summed E-state index contributed by atoms with van der Waals surface area (Å²) < 4.78 is 1.79. The van der Waals surface area contributed by atoms with Crippen molar-refractivity contribution in [3.05, 3.63) is 36.3 Å². The van der Waals surface area contributed by atoms with E-state index in [2.05, 4.69) is 15.4 Å². The van der Waals surface area contributed by atoms with Crippen LogP contribution in [-0.4, -0.2) is 50.1 Å². The number of amides is 2. The fourth-order valence-corrected chi connectivity index (χ4v) is 4.65. The number of rotatable bonds is 6. The van der Waals surface area contributed by atoms with E-state index in [9.17, 15) is 9.59 Å². The van der Waals surface area contributed by atoms with Crippen molar-refractivity contribution in [3.8, 4) is 11.3 Å². The van der Waals surface area contributed by atoms with E-state index in [4.69, 9.17) is 5.73 Å². The highest BCUT2D eigenvalue weighted by atomic mass is 16.2. The third-order valence-corrected chi connectivity index (χ3v) is 6.42. The average Bonchev–Trinajstić information content (AvgIpc) is 3.53. The lowest BCUT2D eigenvalue weighted by Gasteiger charge is -2.29. The van der Waals surface area contributed by atoms with Crippen LogP contribution >= 0.6 is 0 Å². The Balaban J connectivity index is 1.34. The normalized spacial score (nSPS) is 20.5. The van der Waals surface area contributed by atoms with Gasteiger partial charge in [0.1, 0.15) is 6.04 Å². The van der Waals surface area contributed by atoms with E-state index in [-0.39, 0.29) is 17.7 Å². The second-order valence-corrected chi connectivity index (χ2v) is 8.36. The summed E-state index contributed by atoms with van der Waals surface area (Å²) in [5.74, 6) is 0.0548. The van der Waals surface area contributed by atoms with Crippen LogP contribution in [0.1, 0.15) is 44.2 Å². The van der Waals surface area contributed by atoms with Crippen molar-refractivity contribution in [2.45, 2.75) is 57.2 Å². The van der Waals surface area contributed by atoms with Gasteiger partial charge in [0.25, 0.3) is 0 Å². The molecular weight excluding hydrogens is 380 g/mol. The first-order valence-corrected chi connectivity index (χ1v) is 10.8. The number of aromatic nitrogens is 3.